The van der Waals surface area contributed by atoms with E-state index in [0.717, 1.165) is 30.8 Å². The predicted octanol–water partition coefficient (Wildman–Crippen LogP) is 4.69. The Balaban J connectivity index is 1.74. The molecule has 0 aliphatic rings. The van der Waals surface area contributed by atoms with Crippen LogP contribution in [0.25, 0.3) is 0 Å². The van der Waals surface area contributed by atoms with Crippen LogP contribution in [0.2, 0.25) is 0 Å². The highest BCUT2D eigenvalue weighted by Crippen LogP contribution is 2.24. The fraction of sp³-hybridized carbons (Fsp3) is 0.391. The maximum Gasteiger partial charge on any atom is 0.277 e. The number of nitrogens with zero attached hydrogens (tertiary/aromatic N) is 1. The van der Waals surface area contributed by atoms with Crippen molar-refractivity contribution >= 4 is 12.1 Å². The zero-order valence-electron chi connectivity index (χ0n) is 17.2. The van der Waals surface area contributed by atoms with Gasteiger partial charge in [0, 0.05) is 0 Å². The lowest BCUT2D eigenvalue weighted by atomic mass is 9.87. The van der Waals surface area contributed by atoms with Crippen molar-refractivity contribution in [1.82, 2.24) is 5.43 Å². The topological polar surface area (TPSA) is 59.9 Å². The lowest BCUT2D eigenvalue weighted by molar-refractivity contribution is -0.123. The van der Waals surface area contributed by atoms with Gasteiger partial charge in [-0.15, -0.1) is 0 Å². The van der Waals surface area contributed by atoms with E-state index >= 15 is 0 Å². The van der Waals surface area contributed by atoms with E-state index in [4.69, 9.17) is 9.47 Å². The van der Waals surface area contributed by atoms with Crippen LogP contribution in [-0.2, 0) is 10.2 Å². The first kappa shape index (κ1) is 21.5. The Morgan fingerprint density at radius 2 is 1.61 bits per heavy atom. The summed E-state index contributed by atoms with van der Waals surface area (Å²) < 4.78 is 11.1. The minimum Gasteiger partial charge on any atom is -0.494 e. The van der Waals surface area contributed by atoms with Gasteiger partial charge in [0.2, 0.25) is 0 Å². The van der Waals surface area contributed by atoms with Gasteiger partial charge in [-0.25, -0.2) is 5.43 Å². The molecular formula is C23H30N2O3. The van der Waals surface area contributed by atoms with E-state index in [1.807, 2.05) is 48.5 Å². The van der Waals surface area contributed by atoms with Gasteiger partial charge in [0.05, 0.1) is 12.8 Å². The van der Waals surface area contributed by atoms with Gasteiger partial charge in [-0.3, -0.25) is 4.79 Å². The quantitative estimate of drug-likeness (QED) is 0.389. The van der Waals surface area contributed by atoms with Crippen molar-refractivity contribution < 1.29 is 14.3 Å². The summed E-state index contributed by atoms with van der Waals surface area (Å²) in [4.78, 5) is 11.9. The standard InChI is InChI=1S/C23H30N2O3/c1-5-6-15-27-20-11-7-18(8-12-20)16-24-25-22(26)17-28-21-13-9-19(10-14-21)23(2,3)4/h7-14,16H,5-6,15,17H2,1-4H3,(H,25,26). The highest BCUT2D eigenvalue weighted by Gasteiger charge is 2.13. The molecule has 0 aliphatic heterocycles. The molecule has 0 heterocycles. The molecule has 1 N–H and O–H groups in total. The van der Waals surface area contributed by atoms with Gasteiger partial charge in [-0.1, -0.05) is 46.2 Å². The third-order valence-corrected chi connectivity index (χ3v) is 4.14. The Morgan fingerprint density at radius 1 is 1.00 bits per heavy atom. The number of hydrogen-bond donors (Lipinski definition) is 1. The smallest absolute Gasteiger partial charge is 0.277 e. The second-order valence-electron chi connectivity index (χ2n) is 7.63. The van der Waals surface area contributed by atoms with Gasteiger partial charge in [0.1, 0.15) is 11.5 Å². The van der Waals surface area contributed by atoms with Crippen LogP contribution in [0.15, 0.2) is 53.6 Å². The molecule has 2 aromatic carbocycles. The van der Waals surface area contributed by atoms with Crippen molar-refractivity contribution in [2.45, 2.75) is 46.0 Å². The molecule has 1 amide bonds. The summed E-state index contributed by atoms with van der Waals surface area (Å²) >= 11 is 0. The molecular weight excluding hydrogens is 352 g/mol. The number of benzene rings is 2. The molecule has 2 aromatic rings. The van der Waals surface area contributed by atoms with Crippen LogP contribution in [0.1, 0.15) is 51.7 Å². The third kappa shape index (κ3) is 7.43. The second-order valence-corrected chi connectivity index (χ2v) is 7.63. The first-order chi connectivity index (χ1) is 13.4. The van der Waals surface area contributed by atoms with E-state index in [0.29, 0.717) is 5.75 Å². The van der Waals surface area contributed by atoms with Crippen LogP contribution in [0.4, 0.5) is 0 Å². The molecule has 0 spiro atoms. The van der Waals surface area contributed by atoms with Gasteiger partial charge in [0.25, 0.3) is 5.91 Å². The van der Waals surface area contributed by atoms with Crippen molar-refractivity contribution in [3.63, 3.8) is 0 Å². The fourth-order valence-corrected chi connectivity index (χ4v) is 2.40. The van der Waals surface area contributed by atoms with Crippen molar-refractivity contribution in [2.75, 3.05) is 13.2 Å². The molecule has 0 unspecified atom stereocenters. The summed E-state index contributed by atoms with van der Waals surface area (Å²) in [6.45, 7) is 9.23. The van der Waals surface area contributed by atoms with Crippen LogP contribution in [0.5, 0.6) is 11.5 Å². The van der Waals surface area contributed by atoms with Crippen molar-refractivity contribution in [2.24, 2.45) is 5.10 Å². The zero-order chi connectivity index (χ0) is 20.4. The van der Waals surface area contributed by atoms with Gasteiger partial charge in [-0.2, -0.15) is 5.10 Å². The van der Waals surface area contributed by atoms with Crippen LogP contribution < -0.4 is 14.9 Å². The SMILES string of the molecule is CCCCOc1ccc(C=NNC(=O)COc2ccc(C(C)(C)C)cc2)cc1. The first-order valence-corrected chi connectivity index (χ1v) is 9.66. The van der Waals surface area contributed by atoms with E-state index in [-0.39, 0.29) is 17.9 Å². The number of hydrogen-bond acceptors (Lipinski definition) is 4. The molecule has 28 heavy (non-hydrogen) atoms. The van der Waals surface area contributed by atoms with Crippen LogP contribution in [-0.4, -0.2) is 25.3 Å². The molecule has 0 saturated heterocycles. The Labute approximate surface area is 167 Å². The second kappa shape index (κ2) is 10.5. The number of rotatable bonds is 9. The highest BCUT2D eigenvalue weighted by molar-refractivity contribution is 5.83. The Kier molecular flexibility index (Phi) is 8.05. The molecule has 2 rings (SSSR count). The molecule has 0 saturated carbocycles. The average molecular weight is 383 g/mol. The summed E-state index contributed by atoms with van der Waals surface area (Å²) in [5, 5.41) is 3.96. The van der Waals surface area contributed by atoms with Crippen LogP contribution in [0, 0.1) is 0 Å². The molecule has 5 nitrogen and oxygen atoms in total. The molecule has 0 fully saturated rings. The summed E-state index contributed by atoms with van der Waals surface area (Å²) in [7, 11) is 0. The first-order valence-electron chi connectivity index (χ1n) is 9.66. The highest BCUT2D eigenvalue weighted by atomic mass is 16.5. The van der Waals surface area contributed by atoms with Gasteiger partial charge in [0.15, 0.2) is 6.61 Å². The monoisotopic (exact) mass is 382 g/mol. The average Bonchev–Trinajstić information content (AvgIpc) is 2.67. The lowest BCUT2D eigenvalue weighted by Gasteiger charge is -2.19. The molecule has 0 aliphatic carbocycles. The van der Waals surface area contributed by atoms with Crippen LogP contribution in [0.3, 0.4) is 0 Å². The molecule has 0 atom stereocenters. The largest absolute Gasteiger partial charge is 0.494 e. The molecule has 0 radical (unpaired) electrons. The maximum atomic E-state index is 11.9. The number of nitrogens with one attached hydrogen (secondary N) is 1. The van der Waals surface area contributed by atoms with Crippen LogP contribution >= 0.6 is 0 Å². The molecule has 5 heteroatoms. The normalized spacial score (nSPS) is 11.4. The Hall–Kier alpha value is -2.82. The predicted molar refractivity (Wildman–Crippen MR) is 113 cm³/mol. The summed E-state index contributed by atoms with van der Waals surface area (Å²) in [5.74, 6) is 1.18. The number of ether oxygens (including phenoxy) is 2. The van der Waals surface area contributed by atoms with Gasteiger partial charge >= 0.3 is 0 Å². The number of carbonyl (C=O) groups excluding carboxylic acids is 1. The van der Waals surface area contributed by atoms with E-state index in [9.17, 15) is 4.79 Å². The fourth-order valence-electron chi connectivity index (χ4n) is 2.40. The third-order valence-electron chi connectivity index (χ3n) is 4.14. The molecule has 0 aromatic heterocycles. The van der Waals surface area contributed by atoms with E-state index in [2.05, 4.69) is 38.2 Å². The minimum absolute atomic E-state index is 0.0869. The number of carbonyl (C=O) groups is 1. The lowest BCUT2D eigenvalue weighted by Crippen LogP contribution is -2.24. The van der Waals surface area contributed by atoms with Crippen molar-refractivity contribution in [1.29, 1.82) is 0 Å². The van der Waals surface area contributed by atoms with Gasteiger partial charge in [-0.05, 0) is 59.4 Å². The van der Waals surface area contributed by atoms with Crippen molar-refractivity contribution in [3.8, 4) is 11.5 Å². The maximum absolute atomic E-state index is 11.9. The van der Waals surface area contributed by atoms with Crippen molar-refractivity contribution in [3.05, 3.63) is 59.7 Å². The zero-order valence-corrected chi connectivity index (χ0v) is 17.2. The Bertz CT molecular complexity index is 760. The van der Waals surface area contributed by atoms with E-state index < -0.39 is 0 Å². The summed E-state index contributed by atoms with van der Waals surface area (Å²) in [6.07, 6.45) is 3.74. The number of hydrazone groups is 1. The number of unbranched alkanes of at least 4 members (excludes halogenated alkanes) is 1. The van der Waals surface area contributed by atoms with E-state index in [1.165, 1.54) is 5.56 Å². The number of amides is 1. The Morgan fingerprint density at radius 3 is 2.21 bits per heavy atom. The van der Waals surface area contributed by atoms with E-state index in [1.54, 1.807) is 6.21 Å². The van der Waals surface area contributed by atoms with Gasteiger partial charge < -0.3 is 9.47 Å². The molecule has 0 bridgehead atoms. The summed E-state index contributed by atoms with van der Waals surface area (Å²) in [6, 6.07) is 15.4. The summed E-state index contributed by atoms with van der Waals surface area (Å²) in [5.41, 5.74) is 4.65. The minimum atomic E-state index is -0.310. The molecule has 150 valence electrons.